The first-order chi connectivity index (χ1) is 23.1. The minimum atomic E-state index is -0.117. The standard InChI is InChI=1S/C47H32/c1-47(2)43-28-35-25-30(29-14-11-15-34(24-29)44-36-16-5-3-12-32(36)26-33-13-4-6-17-37(33)44)22-23-31(35)27-42(43)45-40-20-9-7-18-38(40)39-19-8-10-21-41(39)46(45)47/h3-28H,1-2H3. The molecule has 0 heterocycles. The van der Waals surface area contributed by atoms with Crippen LogP contribution >= 0.6 is 0 Å². The van der Waals surface area contributed by atoms with Crippen LogP contribution in [0.15, 0.2) is 158 Å². The van der Waals surface area contributed by atoms with Crippen LogP contribution in [0.4, 0.5) is 0 Å². The summed E-state index contributed by atoms with van der Waals surface area (Å²) in [7, 11) is 0. The highest BCUT2D eigenvalue weighted by Gasteiger charge is 2.38. The Morgan fingerprint density at radius 2 is 0.915 bits per heavy atom. The molecule has 0 saturated carbocycles. The van der Waals surface area contributed by atoms with E-state index in [1.165, 1.54) is 98.4 Å². The summed E-state index contributed by atoms with van der Waals surface area (Å²) in [5, 5.41) is 13.1. The van der Waals surface area contributed by atoms with Crippen molar-refractivity contribution >= 4 is 53.9 Å². The topological polar surface area (TPSA) is 0 Å². The average molecular weight is 597 g/mol. The normalized spacial score (nSPS) is 13.5. The number of fused-ring (bicyclic) bond motifs is 11. The van der Waals surface area contributed by atoms with Gasteiger partial charge in [0.25, 0.3) is 0 Å². The number of hydrogen-bond acceptors (Lipinski definition) is 0. The van der Waals surface area contributed by atoms with E-state index in [0.29, 0.717) is 0 Å². The Morgan fingerprint density at radius 3 is 1.64 bits per heavy atom. The van der Waals surface area contributed by atoms with Crippen molar-refractivity contribution < 1.29 is 0 Å². The molecule has 0 fully saturated rings. The van der Waals surface area contributed by atoms with E-state index in [-0.39, 0.29) is 5.41 Å². The lowest BCUT2D eigenvalue weighted by Gasteiger charge is -2.24. The van der Waals surface area contributed by atoms with Gasteiger partial charge in [-0.25, -0.2) is 0 Å². The van der Waals surface area contributed by atoms with Crippen LogP contribution in [0.3, 0.4) is 0 Å². The molecule has 0 radical (unpaired) electrons. The molecule has 9 aromatic rings. The summed E-state index contributed by atoms with van der Waals surface area (Å²) in [6.45, 7) is 4.82. The van der Waals surface area contributed by atoms with Gasteiger partial charge in [0.15, 0.2) is 0 Å². The number of rotatable bonds is 2. The van der Waals surface area contributed by atoms with Gasteiger partial charge in [-0.3, -0.25) is 0 Å². The molecule has 47 heavy (non-hydrogen) atoms. The van der Waals surface area contributed by atoms with Crippen molar-refractivity contribution in [3.63, 3.8) is 0 Å². The Bertz CT molecular complexity index is 2700. The van der Waals surface area contributed by atoms with Crippen LogP contribution in [-0.2, 0) is 5.41 Å². The van der Waals surface area contributed by atoms with Gasteiger partial charge in [0.05, 0.1) is 0 Å². The molecule has 0 amide bonds. The molecule has 220 valence electrons. The second-order valence-corrected chi connectivity index (χ2v) is 13.7. The van der Waals surface area contributed by atoms with E-state index in [2.05, 4.69) is 172 Å². The maximum absolute atomic E-state index is 2.47. The zero-order chi connectivity index (χ0) is 31.3. The van der Waals surface area contributed by atoms with Crippen molar-refractivity contribution in [1.82, 2.24) is 0 Å². The largest absolute Gasteiger partial charge is 0.0616 e. The fourth-order valence-electron chi connectivity index (χ4n) is 8.59. The van der Waals surface area contributed by atoms with E-state index in [1.54, 1.807) is 0 Å². The summed E-state index contributed by atoms with van der Waals surface area (Å²) < 4.78 is 0. The predicted octanol–water partition coefficient (Wildman–Crippen LogP) is 13.1. The van der Waals surface area contributed by atoms with Gasteiger partial charge in [0, 0.05) is 5.41 Å². The molecule has 0 heteroatoms. The van der Waals surface area contributed by atoms with E-state index in [0.717, 1.165) is 0 Å². The first-order valence-corrected chi connectivity index (χ1v) is 16.6. The van der Waals surface area contributed by atoms with Gasteiger partial charge in [-0.2, -0.15) is 0 Å². The molecule has 10 rings (SSSR count). The van der Waals surface area contributed by atoms with Crippen LogP contribution in [0.2, 0.25) is 0 Å². The maximum Gasteiger partial charge on any atom is 0.0165 e. The summed E-state index contributed by atoms with van der Waals surface area (Å²) in [6.07, 6.45) is 0. The third kappa shape index (κ3) is 3.76. The van der Waals surface area contributed by atoms with E-state index >= 15 is 0 Å². The zero-order valence-corrected chi connectivity index (χ0v) is 26.5. The van der Waals surface area contributed by atoms with Crippen LogP contribution in [0.5, 0.6) is 0 Å². The SMILES string of the molecule is CC1(C)c2cc3cc(-c4cccc(-c5c6ccccc6cc6ccccc56)c4)ccc3cc2-c2c1c1ccccc1c1ccccc21. The number of benzene rings is 9. The smallest absolute Gasteiger partial charge is 0.0165 e. The molecule has 0 spiro atoms. The highest BCUT2D eigenvalue weighted by Crippen LogP contribution is 2.55. The van der Waals surface area contributed by atoms with Crippen molar-refractivity contribution in [1.29, 1.82) is 0 Å². The quantitative estimate of drug-likeness (QED) is 0.138. The minimum Gasteiger partial charge on any atom is -0.0616 e. The van der Waals surface area contributed by atoms with Crippen molar-refractivity contribution in [2.24, 2.45) is 0 Å². The fourth-order valence-corrected chi connectivity index (χ4v) is 8.59. The van der Waals surface area contributed by atoms with E-state index in [9.17, 15) is 0 Å². The Balaban J connectivity index is 1.16. The first-order valence-electron chi connectivity index (χ1n) is 16.6. The monoisotopic (exact) mass is 596 g/mol. The molecule has 0 saturated heterocycles. The molecular formula is C47H32. The summed E-state index contributed by atoms with van der Waals surface area (Å²) in [6, 6.07) is 58.8. The van der Waals surface area contributed by atoms with Gasteiger partial charge in [0.1, 0.15) is 0 Å². The lowest BCUT2D eigenvalue weighted by molar-refractivity contribution is 0.667. The second kappa shape index (κ2) is 9.64. The third-order valence-electron chi connectivity index (χ3n) is 10.7. The zero-order valence-electron chi connectivity index (χ0n) is 26.5. The van der Waals surface area contributed by atoms with Crippen LogP contribution in [-0.4, -0.2) is 0 Å². The molecule has 0 N–H and O–H groups in total. The fraction of sp³-hybridized carbons (Fsp3) is 0.0638. The Morgan fingerprint density at radius 1 is 0.340 bits per heavy atom. The van der Waals surface area contributed by atoms with E-state index < -0.39 is 0 Å². The molecule has 0 aliphatic heterocycles. The molecule has 0 nitrogen and oxygen atoms in total. The van der Waals surface area contributed by atoms with Gasteiger partial charge < -0.3 is 0 Å². The van der Waals surface area contributed by atoms with Crippen molar-refractivity contribution in [2.75, 3.05) is 0 Å². The molecular weight excluding hydrogens is 565 g/mol. The van der Waals surface area contributed by atoms with Gasteiger partial charge in [-0.15, -0.1) is 0 Å². The molecule has 1 aliphatic rings. The van der Waals surface area contributed by atoms with E-state index in [1.807, 2.05) is 0 Å². The van der Waals surface area contributed by atoms with Gasteiger partial charge in [0.2, 0.25) is 0 Å². The highest BCUT2D eigenvalue weighted by molar-refractivity contribution is 6.19. The predicted molar refractivity (Wildman–Crippen MR) is 202 cm³/mol. The summed E-state index contributed by atoms with van der Waals surface area (Å²) >= 11 is 0. The van der Waals surface area contributed by atoms with Gasteiger partial charge in [-0.05, 0) is 129 Å². The van der Waals surface area contributed by atoms with Gasteiger partial charge in [-0.1, -0.05) is 141 Å². The Kier molecular flexibility index (Phi) is 5.44. The minimum absolute atomic E-state index is 0.117. The Hall–Kier alpha value is -5.72. The third-order valence-corrected chi connectivity index (χ3v) is 10.7. The average Bonchev–Trinajstić information content (AvgIpc) is 3.35. The lowest BCUT2D eigenvalue weighted by Crippen LogP contribution is -2.15. The van der Waals surface area contributed by atoms with Crippen molar-refractivity contribution in [3.05, 3.63) is 169 Å². The van der Waals surface area contributed by atoms with Crippen LogP contribution in [0, 0.1) is 0 Å². The molecule has 0 aromatic heterocycles. The second-order valence-electron chi connectivity index (χ2n) is 13.7. The van der Waals surface area contributed by atoms with Crippen molar-refractivity contribution in [2.45, 2.75) is 19.3 Å². The maximum atomic E-state index is 2.47. The summed E-state index contributed by atoms with van der Waals surface area (Å²) in [5.41, 5.74) is 10.6. The Labute approximate surface area is 274 Å². The molecule has 0 atom stereocenters. The highest BCUT2D eigenvalue weighted by atomic mass is 14.4. The van der Waals surface area contributed by atoms with Crippen LogP contribution in [0.1, 0.15) is 25.0 Å². The number of hydrogen-bond donors (Lipinski definition) is 0. The lowest BCUT2D eigenvalue weighted by atomic mass is 9.79. The molecule has 0 bridgehead atoms. The van der Waals surface area contributed by atoms with Crippen molar-refractivity contribution in [3.8, 4) is 33.4 Å². The summed E-state index contributed by atoms with van der Waals surface area (Å²) in [4.78, 5) is 0. The molecule has 1 aliphatic carbocycles. The van der Waals surface area contributed by atoms with E-state index in [4.69, 9.17) is 0 Å². The van der Waals surface area contributed by atoms with Crippen LogP contribution < -0.4 is 0 Å². The first kappa shape index (κ1) is 26.5. The summed E-state index contributed by atoms with van der Waals surface area (Å²) in [5.74, 6) is 0. The molecule has 9 aromatic carbocycles. The van der Waals surface area contributed by atoms with Gasteiger partial charge >= 0.3 is 0 Å². The molecule has 0 unspecified atom stereocenters. The van der Waals surface area contributed by atoms with Crippen LogP contribution in [0.25, 0.3) is 87.2 Å².